The number of rotatable bonds is 4. The first-order valence-corrected chi connectivity index (χ1v) is 5.60. The molecule has 2 rings (SSSR count). The topological polar surface area (TPSA) is 39.1 Å². The van der Waals surface area contributed by atoms with Crippen molar-refractivity contribution >= 4 is 0 Å². The van der Waals surface area contributed by atoms with E-state index >= 15 is 0 Å². The summed E-state index contributed by atoms with van der Waals surface area (Å²) in [7, 11) is 0. The third-order valence-electron chi connectivity index (χ3n) is 2.89. The molecule has 0 aromatic carbocycles. The van der Waals surface area contributed by atoms with Crippen molar-refractivity contribution in [2.45, 2.75) is 39.0 Å². The Bertz CT molecular complexity index is 311. The minimum absolute atomic E-state index is 0.351. The molecule has 0 radical (unpaired) electrons. The minimum Gasteiger partial charge on any atom is -0.377 e. The normalized spacial score (nSPS) is 26.0. The predicted octanol–water partition coefficient (Wildman–Crippen LogP) is 0.959. The molecule has 1 aliphatic rings. The van der Waals surface area contributed by atoms with Crippen LogP contribution in [0.5, 0.6) is 0 Å². The van der Waals surface area contributed by atoms with Crippen LogP contribution in [0.4, 0.5) is 0 Å². The van der Waals surface area contributed by atoms with Crippen LogP contribution in [-0.2, 0) is 11.3 Å². The highest BCUT2D eigenvalue weighted by molar-refractivity contribution is 4.99. The van der Waals surface area contributed by atoms with Crippen LogP contribution in [0.2, 0.25) is 0 Å². The maximum atomic E-state index is 5.49. The van der Waals surface area contributed by atoms with Crippen LogP contribution < -0.4 is 5.32 Å². The first-order valence-electron chi connectivity index (χ1n) is 5.60. The fourth-order valence-corrected chi connectivity index (χ4v) is 1.95. The van der Waals surface area contributed by atoms with E-state index in [1.165, 1.54) is 5.56 Å². The van der Waals surface area contributed by atoms with Crippen LogP contribution in [-0.4, -0.2) is 35.1 Å². The van der Waals surface area contributed by atoms with Gasteiger partial charge in [0.15, 0.2) is 0 Å². The molecule has 0 amide bonds. The molecule has 2 unspecified atom stereocenters. The van der Waals surface area contributed by atoms with Crippen LogP contribution in [0, 0.1) is 6.92 Å². The monoisotopic (exact) mass is 209 g/mol. The van der Waals surface area contributed by atoms with Crippen molar-refractivity contribution in [1.82, 2.24) is 15.1 Å². The van der Waals surface area contributed by atoms with E-state index in [1.807, 2.05) is 10.9 Å². The quantitative estimate of drug-likeness (QED) is 0.802. The summed E-state index contributed by atoms with van der Waals surface area (Å²) in [5.41, 5.74) is 1.22. The fourth-order valence-electron chi connectivity index (χ4n) is 1.95. The van der Waals surface area contributed by atoms with Gasteiger partial charge in [0, 0.05) is 25.4 Å². The molecule has 1 aromatic rings. The summed E-state index contributed by atoms with van der Waals surface area (Å²) in [5, 5.41) is 7.75. The summed E-state index contributed by atoms with van der Waals surface area (Å²) in [4.78, 5) is 0. The van der Waals surface area contributed by atoms with Gasteiger partial charge in [0.25, 0.3) is 0 Å². The van der Waals surface area contributed by atoms with Gasteiger partial charge < -0.3 is 10.1 Å². The van der Waals surface area contributed by atoms with Gasteiger partial charge in [-0.05, 0) is 25.8 Å². The largest absolute Gasteiger partial charge is 0.377 e. The Labute approximate surface area is 90.6 Å². The second-order valence-corrected chi connectivity index (χ2v) is 4.21. The van der Waals surface area contributed by atoms with Crippen LogP contribution >= 0.6 is 0 Å². The molecule has 15 heavy (non-hydrogen) atoms. The molecule has 0 bridgehead atoms. The number of nitrogens with one attached hydrogen (secondary N) is 1. The highest BCUT2D eigenvalue weighted by Gasteiger charge is 2.22. The van der Waals surface area contributed by atoms with Gasteiger partial charge in [-0.3, -0.25) is 4.68 Å². The number of aryl methyl sites for hydroxylation is 1. The zero-order valence-corrected chi connectivity index (χ0v) is 9.44. The average molecular weight is 209 g/mol. The SMILES string of the molecule is Cc1cnn(CCNC2CCOC2C)c1. The van der Waals surface area contributed by atoms with E-state index in [0.717, 1.165) is 26.1 Å². The van der Waals surface area contributed by atoms with Gasteiger partial charge in [-0.2, -0.15) is 5.10 Å². The Balaban J connectivity index is 1.70. The molecular formula is C11H19N3O. The molecule has 4 heteroatoms. The molecular weight excluding hydrogens is 190 g/mol. The van der Waals surface area contributed by atoms with Gasteiger partial charge in [0.05, 0.1) is 18.8 Å². The second-order valence-electron chi connectivity index (χ2n) is 4.21. The highest BCUT2D eigenvalue weighted by Crippen LogP contribution is 2.11. The molecule has 2 heterocycles. The summed E-state index contributed by atoms with van der Waals surface area (Å²) < 4.78 is 7.46. The van der Waals surface area contributed by atoms with E-state index in [-0.39, 0.29) is 0 Å². The van der Waals surface area contributed by atoms with Crippen molar-refractivity contribution in [3.05, 3.63) is 18.0 Å². The van der Waals surface area contributed by atoms with Crippen molar-refractivity contribution in [3.8, 4) is 0 Å². The van der Waals surface area contributed by atoms with Crippen LogP contribution in [0.1, 0.15) is 18.9 Å². The summed E-state index contributed by atoms with van der Waals surface area (Å²) in [6.45, 7) is 6.96. The maximum Gasteiger partial charge on any atom is 0.0700 e. The third kappa shape index (κ3) is 2.79. The molecule has 1 fully saturated rings. The van der Waals surface area contributed by atoms with Gasteiger partial charge in [-0.15, -0.1) is 0 Å². The predicted molar refractivity (Wildman–Crippen MR) is 58.8 cm³/mol. The Kier molecular flexibility index (Phi) is 3.38. The van der Waals surface area contributed by atoms with Gasteiger partial charge in [0.2, 0.25) is 0 Å². The third-order valence-corrected chi connectivity index (χ3v) is 2.89. The fraction of sp³-hybridized carbons (Fsp3) is 0.727. The lowest BCUT2D eigenvalue weighted by Gasteiger charge is -2.15. The molecule has 1 aliphatic heterocycles. The van der Waals surface area contributed by atoms with Crippen molar-refractivity contribution in [3.63, 3.8) is 0 Å². The van der Waals surface area contributed by atoms with Crippen LogP contribution in [0.25, 0.3) is 0 Å². The molecule has 1 saturated heterocycles. The lowest BCUT2D eigenvalue weighted by Crippen LogP contribution is -2.36. The van der Waals surface area contributed by atoms with Gasteiger partial charge >= 0.3 is 0 Å². The molecule has 0 saturated carbocycles. The number of hydrogen-bond donors (Lipinski definition) is 1. The first kappa shape index (κ1) is 10.6. The molecule has 2 atom stereocenters. The first-order chi connectivity index (χ1) is 7.25. The van der Waals surface area contributed by atoms with E-state index in [2.05, 4.69) is 30.5 Å². The van der Waals surface area contributed by atoms with Crippen LogP contribution in [0.15, 0.2) is 12.4 Å². The molecule has 1 aromatic heterocycles. The number of hydrogen-bond acceptors (Lipinski definition) is 3. The van der Waals surface area contributed by atoms with E-state index < -0.39 is 0 Å². The van der Waals surface area contributed by atoms with Crippen molar-refractivity contribution < 1.29 is 4.74 Å². The molecule has 84 valence electrons. The maximum absolute atomic E-state index is 5.49. The van der Waals surface area contributed by atoms with E-state index in [4.69, 9.17) is 4.74 Å². The van der Waals surface area contributed by atoms with Gasteiger partial charge in [-0.1, -0.05) is 0 Å². The summed E-state index contributed by atoms with van der Waals surface area (Å²) in [6, 6.07) is 0.515. The van der Waals surface area contributed by atoms with Gasteiger partial charge in [0.1, 0.15) is 0 Å². The second kappa shape index (κ2) is 4.77. The van der Waals surface area contributed by atoms with Crippen molar-refractivity contribution in [2.75, 3.05) is 13.2 Å². The van der Waals surface area contributed by atoms with Crippen LogP contribution in [0.3, 0.4) is 0 Å². The van der Waals surface area contributed by atoms with Crippen molar-refractivity contribution in [2.24, 2.45) is 0 Å². The summed E-state index contributed by atoms with van der Waals surface area (Å²) in [6.07, 6.45) is 5.43. The Hall–Kier alpha value is -0.870. The summed E-state index contributed by atoms with van der Waals surface area (Å²) >= 11 is 0. The number of aromatic nitrogens is 2. The van der Waals surface area contributed by atoms with Gasteiger partial charge in [-0.25, -0.2) is 0 Å². The number of nitrogens with zero attached hydrogens (tertiary/aromatic N) is 2. The lowest BCUT2D eigenvalue weighted by molar-refractivity contribution is 0.113. The van der Waals surface area contributed by atoms with E-state index in [9.17, 15) is 0 Å². The molecule has 0 spiro atoms. The highest BCUT2D eigenvalue weighted by atomic mass is 16.5. The zero-order chi connectivity index (χ0) is 10.7. The Morgan fingerprint density at radius 1 is 1.67 bits per heavy atom. The Morgan fingerprint density at radius 2 is 2.53 bits per heavy atom. The number of ether oxygens (including phenoxy) is 1. The summed E-state index contributed by atoms with van der Waals surface area (Å²) in [5.74, 6) is 0. The van der Waals surface area contributed by atoms with Crippen molar-refractivity contribution in [1.29, 1.82) is 0 Å². The molecule has 4 nitrogen and oxygen atoms in total. The lowest BCUT2D eigenvalue weighted by atomic mass is 10.1. The van der Waals surface area contributed by atoms with E-state index in [1.54, 1.807) is 0 Å². The zero-order valence-electron chi connectivity index (χ0n) is 9.44. The Morgan fingerprint density at radius 3 is 3.13 bits per heavy atom. The average Bonchev–Trinajstić information content (AvgIpc) is 2.77. The molecule has 1 N–H and O–H groups in total. The molecule has 0 aliphatic carbocycles. The van der Waals surface area contributed by atoms with E-state index in [0.29, 0.717) is 12.1 Å². The minimum atomic E-state index is 0.351. The smallest absolute Gasteiger partial charge is 0.0700 e. The standard InChI is InChI=1S/C11H19N3O/c1-9-7-13-14(8-9)5-4-12-11-3-6-15-10(11)2/h7-8,10-12H,3-6H2,1-2H3.